The van der Waals surface area contributed by atoms with Gasteiger partial charge in [-0.3, -0.25) is 0 Å². The third-order valence-corrected chi connectivity index (χ3v) is 14.8. The lowest BCUT2D eigenvalue weighted by molar-refractivity contribution is 0.669. The summed E-state index contributed by atoms with van der Waals surface area (Å²) in [4.78, 5) is 5.07. The average Bonchev–Trinajstić information content (AvgIpc) is 3.89. The Labute approximate surface area is 368 Å². The molecule has 3 nitrogen and oxygen atoms in total. The third kappa shape index (κ3) is 4.76. The SMILES string of the molecule is c1ccc(-n2c3ccccc3c3cc(N(c4ccc5oc6ccccc6c5c4)c4ccc5c6c(cccc46)C4(c6ccccc6Sc6ccccc64)c4ccccc4-5)ccc32)cc1. The van der Waals surface area contributed by atoms with Crippen LogP contribution >= 0.6 is 11.8 Å². The Morgan fingerprint density at radius 3 is 1.83 bits per heavy atom. The molecule has 1 aliphatic carbocycles. The zero-order chi connectivity index (χ0) is 41.2. The zero-order valence-corrected chi connectivity index (χ0v) is 34.8. The molecule has 0 saturated heterocycles. The first-order valence-electron chi connectivity index (χ1n) is 21.6. The summed E-state index contributed by atoms with van der Waals surface area (Å²) >= 11 is 1.88. The fourth-order valence-corrected chi connectivity index (χ4v) is 12.3. The van der Waals surface area contributed by atoms with Gasteiger partial charge in [0, 0.05) is 53.8 Å². The minimum Gasteiger partial charge on any atom is -0.456 e. The zero-order valence-electron chi connectivity index (χ0n) is 34.0. The van der Waals surface area contributed by atoms with Crippen molar-refractivity contribution in [3.8, 4) is 16.8 Å². The van der Waals surface area contributed by atoms with E-state index in [9.17, 15) is 0 Å². The maximum Gasteiger partial charge on any atom is 0.135 e. The molecule has 1 aliphatic heterocycles. The number of nitrogens with zero attached hydrogens (tertiary/aromatic N) is 2. The van der Waals surface area contributed by atoms with E-state index in [2.05, 4.69) is 222 Å². The van der Waals surface area contributed by atoms with Crippen molar-refractivity contribution >= 4 is 83.3 Å². The highest BCUT2D eigenvalue weighted by Gasteiger charge is 2.48. The molecule has 4 heteroatoms. The summed E-state index contributed by atoms with van der Waals surface area (Å²) in [7, 11) is 0. The van der Waals surface area contributed by atoms with Gasteiger partial charge in [0.15, 0.2) is 0 Å². The third-order valence-electron chi connectivity index (χ3n) is 13.6. The lowest BCUT2D eigenvalue weighted by Crippen LogP contribution is -2.36. The molecule has 63 heavy (non-hydrogen) atoms. The highest BCUT2D eigenvalue weighted by Crippen LogP contribution is 2.62. The summed E-state index contributed by atoms with van der Waals surface area (Å²) in [6, 6.07) is 80.5. The van der Waals surface area contributed by atoms with Crippen molar-refractivity contribution in [3.63, 3.8) is 0 Å². The van der Waals surface area contributed by atoms with Crippen molar-refractivity contribution in [2.24, 2.45) is 0 Å². The standard InChI is InChI=1S/C59H36N2OS/c1-2-15-37(16-3-1)61-51-25-10-5-18-41(51)45-35-38(29-32-53(45)61)60(39-30-34-55-46(36-39)42-19-6-11-26-54(42)62-55)52-33-31-43-40-17-4-7-21-47(40)59(50-24-14-20-44(52)58(43)50)48-22-8-12-27-56(48)63-57-28-13-9-23-49(57)59/h1-36H. The molecule has 294 valence electrons. The normalized spacial score (nSPS) is 13.5. The first-order chi connectivity index (χ1) is 31.3. The van der Waals surface area contributed by atoms with Gasteiger partial charge in [0.1, 0.15) is 11.2 Å². The van der Waals surface area contributed by atoms with E-state index in [4.69, 9.17) is 4.42 Å². The van der Waals surface area contributed by atoms with Gasteiger partial charge in [-0.1, -0.05) is 151 Å². The molecular formula is C59H36N2OS. The molecule has 14 rings (SSSR count). The minimum absolute atomic E-state index is 0.516. The molecule has 0 bridgehead atoms. The van der Waals surface area contributed by atoms with Gasteiger partial charge in [-0.05, 0) is 118 Å². The van der Waals surface area contributed by atoms with Gasteiger partial charge in [0.2, 0.25) is 0 Å². The number of hydrogen-bond acceptors (Lipinski definition) is 3. The van der Waals surface area contributed by atoms with Crippen molar-refractivity contribution in [3.05, 3.63) is 241 Å². The molecule has 0 amide bonds. The molecule has 2 aliphatic rings. The van der Waals surface area contributed by atoms with E-state index in [0.29, 0.717) is 0 Å². The van der Waals surface area contributed by atoms with Crippen molar-refractivity contribution in [2.45, 2.75) is 15.2 Å². The van der Waals surface area contributed by atoms with E-state index in [1.807, 2.05) is 17.8 Å². The van der Waals surface area contributed by atoms with Crippen LogP contribution < -0.4 is 4.90 Å². The number of rotatable bonds is 4. The molecule has 0 saturated carbocycles. The van der Waals surface area contributed by atoms with Crippen LogP contribution in [0.5, 0.6) is 0 Å². The highest BCUT2D eigenvalue weighted by atomic mass is 32.2. The van der Waals surface area contributed by atoms with E-state index >= 15 is 0 Å². The first kappa shape index (κ1) is 34.9. The van der Waals surface area contributed by atoms with Crippen LogP contribution in [0.2, 0.25) is 0 Å². The number of benzene rings is 10. The van der Waals surface area contributed by atoms with Crippen LogP contribution in [0, 0.1) is 0 Å². The number of fused-ring (bicyclic) bond motifs is 14. The van der Waals surface area contributed by atoms with Crippen LogP contribution in [0.3, 0.4) is 0 Å². The van der Waals surface area contributed by atoms with Gasteiger partial charge >= 0.3 is 0 Å². The Kier molecular flexibility index (Phi) is 7.26. The number of furan rings is 1. The molecule has 0 N–H and O–H groups in total. The smallest absolute Gasteiger partial charge is 0.135 e. The summed E-state index contributed by atoms with van der Waals surface area (Å²) in [6.45, 7) is 0. The van der Waals surface area contributed by atoms with Crippen LogP contribution in [0.15, 0.2) is 233 Å². The lowest BCUT2D eigenvalue weighted by atomic mass is 9.59. The van der Waals surface area contributed by atoms with Crippen molar-refractivity contribution in [1.82, 2.24) is 4.57 Å². The molecule has 0 radical (unpaired) electrons. The van der Waals surface area contributed by atoms with E-state index in [1.165, 1.54) is 75.7 Å². The minimum atomic E-state index is -0.516. The lowest BCUT2D eigenvalue weighted by Gasteiger charge is -2.46. The fourth-order valence-electron chi connectivity index (χ4n) is 11.1. The molecular weight excluding hydrogens is 785 g/mol. The summed E-state index contributed by atoms with van der Waals surface area (Å²) < 4.78 is 8.79. The first-order valence-corrected chi connectivity index (χ1v) is 22.4. The maximum absolute atomic E-state index is 6.40. The summed E-state index contributed by atoms with van der Waals surface area (Å²) in [5, 5.41) is 7.12. The molecule has 0 fully saturated rings. The van der Waals surface area contributed by atoms with Gasteiger partial charge in [-0.25, -0.2) is 0 Å². The van der Waals surface area contributed by atoms with Crippen molar-refractivity contribution in [2.75, 3.05) is 4.90 Å². The Morgan fingerprint density at radius 2 is 1.00 bits per heavy atom. The summed E-state index contributed by atoms with van der Waals surface area (Å²) in [5.41, 5.74) is 15.9. The number of hydrogen-bond donors (Lipinski definition) is 0. The van der Waals surface area contributed by atoms with Crippen LogP contribution in [0.1, 0.15) is 22.3 Å². The average molecular weight is 821 g/mol. The van der Waals surface area contributed by atoms with Crippen molar-refractivity contribution < 1.29 is 4.42 Å². The molecule has 12 aromatic rings. The molecule has 1 spiro atoms. The number of aromatic nitrogens is 1. The second-order valence-electron chi connectivity index (χ2n) is 16.8. The Bertz CT molecular complexity index is 3810. The molecule has 2 aromatic heterocycles. The number of anilines is 3. The van der Waals surface area contributed by atoms with Crippen LogP contribution in [0.25, 0.3) is 71.3 Å². The molecule has 3 heterocycles. The quantitative estimate of drug-likeness (QED) is 0.176. The van der Waals surface area contributed by atoms with E-state index < -0.39 is 5.41 Å². The van der Waals surface area contributed by atoms with Gasteiger partial charge in [-0.2, -0.15) is 0 Å². The molecule has 0 atom stereocenters. The second kappa shape index (κ2) is 13.1. The van der Waals surface area contributed by atoms with Crippen molar-refractivity contribution in [1.29, 1.82) is 0 Å². The van der Waals surface area contributed by atoms with Crippen LogP contribution in [-0.2, 0) is 5.41 Å². The van der Waals surface area contributed by atoms with E-state index in [0.717, 1.165) is 44.7 Å². The van der Waals surface area contributed by atoms with Gasteiger partial charge in [-0.15, -0.1) is 0 Å². The van der Waals surface area contributed by atoms with E-state index in [1.54, 1.807) is 0 Å². The summed E-state index contributed by atoms with van der Waals surface area (Å²) in [5.74, 6) is 0. The predicted octanol–water partition coefficient (Wildman–Crippen LogP) is 16.1. The monoisotopic (exact) mass is 820 g/mol. The van der Waals surface area contributed by atoms with Crippen LogP contribution in [-0.4, -0.2) is 4.57 Å². The largest absolute Gasteiger partial charge is 0.456 e. The van der Waals surface area contributed by atoms with Crippen LogP contribution in [0.4, 0.5) is 17.1 Å². The Balaban J connectivity index is 1.09. The summed E-state index contributed by atoms with van der Waals surface area (Å²) in [6.07, 6.45) is 0. The topological polar surface area (TPSA) is 21.3 Å². The second-order valence-corrected chi connectivity index (χ2v) is 17.8. The highest BCUT2D eigenvalue weighted by molar-refractivity contribution is 7.99. The van der Waals surface area contributed by atoms with Gasteiger partial charge in [0.05, 0.1) is 22.1 Å². The molecule has 0 unspecified atom stereocenters. The molecule has 10 aromatic carbocycles. The Morgan fingerprint density at radius 1 is 0.397 bits per heavy atom. The fraction of sp³-hybridized carbons (Fsp3) is 0.0169. The van der Waals surface area contributed by atoms with Gasteiger partial charge in [0.25, 0.3) is 0 Å². The van der Waals surface area contributed by atoms with Gasteiger partial charge < -0.3 is 13.9 Å². The van der Waals surface area contributed by atoms with E-state index in [-0.39, 0.29) is 0 Å². The Hall–Kier alpha value is -7.79. The number of para-hydroxylation sites is 3. The predicted molar refractivity (Wildman–Crippen MR) is 262 cm³/mol. The maximum atomic E-state index is 6.40.